The molecule has 0 aliphatic carbocycles. The van der Waals surface area contributed by atoms with Gasteiger partial charge in [-0.15, -0.1) is 0 Å². The Balaban J connectivity index is 1.71. The minimum atomic E-state index is -3.29. The lowest BCUT2D eigenvalue weighted by Gasteiger charge is -2.35. The van der Waals surface area contributed by atoms with E-state index < -0.39 is 9.84 Å². The number of carbonyl (C=O) groups is 1. The number of amides is 1. The Morgan fingerprint density at radius 3 is 2.54 bits per heavy atom. The van der Waals surface area contributed by atoms with Crippen LogP contribution in [0.25, 0.3) is 10.9 Å². The van der Waals surface area contributed by atoms with Crippen LogP contribution in [0.2, 0.25) is 0 Å². The predicted octanol–water partition coefficient (Wildman–Crippen LogP) is 0.837. The monoisotopic (exact) mass is 346 g/mol. The first-order chi connectivity index (χ1) is 11.4. The summed E-state index contributed by atoms with van der Waals surface area (Å²) in [6, 6.07) is 7.81. The number of piperazine rings is 1. The van der Waals surface area contributed by atoms with E-state index in [-0.39, 0.29) is 5.91 Å². The Morgan fingerprint density at radius 2 is 1.83 bits per heavy atom. The quantitative estimate of drug-likeness (QED) is 0.766. The average Bonchev–Trinajstić information content (AvgIpc) is 2.59. The number of nitrogens with zero attached hydrogens (tertiary/aromatic N) is 4. The zero-order chi connectivity index (χ0) is 17.2. The Bertz CT molecular complexity index is 882. The number of aromatic nitrogens is 2. The van der Waals surface area contributed by atoms with Gasteiger partial charge in [0.05, 0.1) is 5.52 Å². The van der Waals surface area contributed by atoms with Gasteiger partial charge in [-0.25, -0.2) is 18.4 Å². The molecule has 1 aromatic heterocycles. The van der Waals surface area contributed by atoms with Crippen molar-refractivity contribution in [2.24, 2.45) is 0 Å². The SMILES string of the molecule is CS(=O)(=O)C=CC(=O)N1CCN(c2ncnc3ccccc23)CC1. The fourth-order valence-corrected chi connectivity index (χ4v) is 3.03. The van der Waals surface area contributed by atoms with E-state index in [2.05, 4.69) is 14.9 Å². The minimum absolute atomic E-state index is 0.285. The maximum Gasteiger partial charge on any atom is 0.247 e. The predicted molar refractivity (Wildman–Crippen MR) is 92.3 cm³/mol. The van der Waals surface area contributed by atoms with Crippen LogP contribution in [-0.4, -0.2) is 61.6 Å². The van der Waals surface area contributed by atoms with E-state index in [1.165, 1.54) is 0 Å². The first kappa shape index (κ1) is 16.4. The highest BCUT2D eigenvalue weighted by atomic mass is 32.2. The molecule has 7 nitrogen and oxygen atoms in total. The molecule has 0 atom stereocenters. The van der Waals surface area contributed by atoms with Gasteiger partial charge in [0.25, 0.3) is 0 Å². The van der Waals surface area contributed by atoms with Gasteiger partial charge in [-0.2, -0.15) is 0 Å². The number of hydrogen-bond donors (Lipinski definition) is 0. The number of anilines is 1. The molecule has 1 aliphatic rings. The van der Waals surface area contributed by atoms with Crippen molar-refractivity contribution < 1.29 is 13.2 Å². The summed E-state index contributed by atoms with van der Waals surface area (Å²) in [4.78, 5) is 24.4. The van der Waals surface area contributed by atoms with Crippen molar-refractivity contribution in [1.82, 2.24) is 14.9 Å². The van der Waals surface area contributed by atoms with Crippen LogP contribution in [0.3, 0.4) is 0 Å². The van der Waals surface area contributed by atoms with Crippen LogP contribution in [0.1, 0.15) is 0 Å². The molecule has 8 heteroatoms. The molecular formula is C16H18N4O3S. The molecule has 0 bridgehead atoms. The maximum absolute atomic E-state index is 12.0. The first-order valence-corrected chi connectivity index (χ1v) is 9.51. The van der Waals surface area contributed by atoms with Crippen molar-refractivity contribution in [3.63, 3.8) is 0 Å². The molecular weight excluding hydrogens is 328 g/mol. The molecule has 1 aromatic carbocycles. The van der Waals surface area contributed by atoms with Gasteiger partial charge in [0.15, 0.2) is 9.84 Å². The molecule has 0 spiro atoms. The van der Waals surface area contributed by atoms with Crippen molar-refractivity contribution in [3.8, 4) is 0 Å². The number of para-hydroxylation sites is 1. The lowest BCUT2D eigenvalue weighted by atomic mass is 10.2. The Morgan fingerprint density at radius 1 is 1.12 bits per heavy atom. The Labute approximate surface area is 140 Å². The molecule has 126 valence electrons. The van der Waals surface area contributed by atoms with Gasteiger partial charge in [-0.05, 0) is 12.1 Å². The third-order valence-electron chi connectivity index (χ3n) is 3.87. The van der Waals surface area contributed by atoms with Crippen LogP contribution < -0.4 is 4.90 Å². The van der Waals surface area contributed by atoms with Crippen LogP contribution in [0.5, 0.6) is 0 Å². The topological polar surface area (TPSA) is 83.5 Å². The van der Waals surface area contributed by atoms with E-state index in [4.69, 9.17) is 0 Å². The van der Waals surface area contributed by atoms with Crippen molar-refractivity contribution in [3.05, 3.63) is 42.1 Å². The smallest absolute Gasteiger partial charge is 0.247 e. The van der Waals surface area contributed by atoms with Crippen LogP contribution in [0.4, 0.5) is 5.82 Å². The number of benzene rings is 1. The highest BCUT2D eigenvalue weighted by Crippen LogP contribution is 2.23. The second-order valence-electron chi connectivity index (χ2n) is 5.66. The van der Waals surface area contributed by atoms with E-state index >= 15 is 0 Å². The van der Waals surface area contributed by atoms with Crippen molar-refractivity contribution >= 4 is 32.5 Å². The second-order valence-corrected chi connectivity index (χ2v) is 7.59. The van der Waals surface area contributed by atoms with Crippen molar-refractivity contribution in [2.45, 2.75) is 0 Å². The Kier molecular flexibility index (Phi) is 4.48. The third kappa shape index (κ3) is 3.70. The molecule has 2 aromatic rings. The lowest BCUT2D eigenvalue weighted by molar-refractivity contribution is -0.126. The maximum atomic E-state index is 12.0. The van der Waals surface area contributed by atoms with Gasteiger partial charge in [-0.1, -0.05) is 12.1 Å². The van der Waals surface area contributed by atoms with Crippen LogP contribution in [0.15, 0.2) is 42.1 Å². The molecule has 1 fully saturated rings. The number of rotatable bonds is 3. The first-order valence-electron chi connectivity index (χ1n) is 7.56. The van der Waals surface area contributed by atoms with E-state index in [1.54, 1.807) is 11.2 Å². The van der Waals surface area contributed by atoms with E-state index in [0.29, 0.717) is 26.2 Å². The van der Waals surface area contributed by atoms with Crippen LogP contribution in [-0.2, 0) is 14.6 Å². The van der Waals surface area contributed by atoms with E-state index in [9.17, 15) is 13.2 Å². The summed E-state index contributed by atoms with van der Waals surface area (Å²) >= 11 is 0. The molecule has 3 rings (SSSR count). The number of fused-ring (bicyclic) bond motifs is 1. The summed E-state index contributed by atoms with van der Waals surface area (Å²) < 4.78 is 22.2. The highest BCUT2D eigenvalue weighted by Gasteiger charge is 2.22. The zero-order valence-electron chi connectivity index (χ0n) is 13.3. The number of hydrogen-bond acceptors (Lipinski definition) is 6. The normalized spacial score (nSPS) is 16.0. The van der Waals surface area contributed by atoms with E-state index in [0.717, 1.165) is 34.5 Å². The zero-order valence-corrected chi connectivity index (χ0v) is 14.1. The molecule has 1 saturated heterocycles. The van der Waals surface area contributed by atoms with Crippen LogP contribution in [0, 0.1) is 0 Å². The fraction of sp³-hybridized carbons (Fsp3) is 0.312. The Hall–Kier alpha value is -2.48. The molecule has 0 radical (unpaired) electrons. The summed E-state index contributed by atoms with van der Waals surface area (Å²) in [7, 11) is -3.29. The number of sulfone groups is 1. The van der Waals surface area contributed by atoms with Gasteiger partial charge in [0.1, 0.15) is 12.1 Å². The minimum Gasteiger partial charge on any atom is -0.352 e. The molecule has 0 N–H and O–H groups in total. The van der Waals surface area contributed by atoms with Gasteiger partial charge >= 0.3 is 0 Å². The molecule has 0 unspecified atom stereocenters. The average molecular weight is 346 g/mol. The third-order valence-corrected chi connectivity index (χ3v) is 4.50. The summed E-state index contributed by atoms with van der Waals surface area (Å²) in [6.07, 6.45) is 3.73. The molecule has 2 heterocycles. The second kappa shape index (κ2) is 6.56. The highest BCUT2D eigenvalue weighted by molar-refractivity contribution is 7.93. The van der Waals surface area contributed by atoms with Gasteiger partial charge in [0, 0.05) is 49.3 Å². The number of carbonyl (C=O) groups excluding carboxylic acids is 1. The largest absolute Gasteiger partial charge is 0.352 e. The molecule has 0 saturated carbocycles. The van der Waals surface area contributed by atoms with Gasteiger partial charge in [-0.3, -0.25) is 4.79 Å². The summed E-state index contributed by atoms with van der Waals surface area (Å²) in [6.45, 7) is 2.31. The van der Waals surface area contributed by atoms with Gasteiger partial charge < -0.3 is 9.80 Å². The fourth-order valence-electron chi connectivity index (χ4n) is 2.67. The summed E-state index contributed by atoms with van der Waals surface area (Å²) in [5.41, 5.74) is 0.886. The summed E-state index contributed by atoms with van der Waals surface area (Å²) in [5.74, 6) is 0.576. The van der Waals surface area contributed by atoms with Crippen molar-refractivity contribution in [1.29, 1.82) is 0 Å². The van der Waals surface area contributed by atoms with E-state index in [1.807, 2.05) is 24.3 Å². The molecule has 1 aliphatic heterocycles. The van der Waals surface area contributed by atoms with Crippen molar-refractivity contribution in [2.75, 3.05) is 37.3 Å². The molecule has 1 amide bonds. The standard InChI is InChI=1S/C16H18N4O3S/c1-24(22,23)11-6-15(21)19-7-9-20(10-8-19)16-13-4-2-3-5-14(13)17-12-18-16/h2-6,11-12H,7-10H2,1H3. The van der Waals surface area contributed by atoms with Crippen LogP contribution >= 0.6 is 0 Å². The molecule has 24 heavy (non-hydrogen) atoms. The summed E-state index contributed by atoms with van der Waals surface area (Å²) in [5, 5.41) is 1.93. The lowest BCUT2D eigenvalue weighted by Crippen LogP contribution is -2.48. The van der Waals surface area contributed by atoms with Gasteiger partial charge in [0.2, 0.25) is 5.91 Å².